The Bertz CT molecular complexity index is 1270. The highest BCUT2D eigenvalue weighted by molar-refractivity contribution is 5.83. The Morgan fingerprint density at radius 2 is 1.77 bits per heavy atom. The topological polar surface area (TPSA) is 67.2 Å². The number of para-hydroxylation sites is 2. The van der Waals surface area contributed by atoms with Gasteiger partial charge in [0, 0.05) is 18.7 Å². The molecule has 1 saturated heterocycles. The second kappa shape index (κ2) is 10.2. The van der Waals surface area contributed by atoms with Gasteiger partial charge in [-0.05, 0) is 57.0 Å². The monoisotopic (exact) mass is 490 g/mol. The first-order valence-corrected chi connectivity index (χ1v) is 11.5. The molecule has 1 N–H and O–H groups in total. The van der Waals surface area contributed by atoms with Crippen molar-refractivity contribution in [3.63, 3.8) is 0 Å². The van der Waals surface area contributed by atoms with Crippen LogP contribution < -0.4 is 10.9 Å². The van der Waals surface area contributed by atoms with Crippen molar-refractivity contribution in [2.24, 2.45) is 5.92 Å². The van der Waals surface area contributed by atoms with Gasteiger partial charge in [-0.3, -0.25) is 19.1 Å². The van der Waals surface area contributed by atoms with Crippen LogP contribution in [0.2, 0.25) is 0 Å². The molecule has 4 rings (SSSR count). The molecular formula is C25H26F4N4O2. The maximum atomic E-state index is 13.9. The highest BCUT2D eigenvalue weighted by Crippen LogP contribution is 2.27. The zero-order valence-electron chi connectivity index (χ0n) is 19.2. The molecule has 3 aromatic rings. The molecule has 1 fully saturated rings. The lowest BCUT2D eigenvalue weighted by Crippen LogP contribution is -2.42. The van der Waals surface area contributed by atoms with Gasteiger partial charge in [0.25, 0.3) is 5.56 Å². The van der Waals surface area contributed by atoms with Crippen LogP contribution in [0.3, 0.4) is 0 Å². The number of fused-ring (bicyclic) bond motifs is 1. The van der Waals surface area contributed by atoms with Crippen LogP contribution in [0.5, 0.6) is 0 Å². The number of rotatable bonds is 6. The summed E-state index contributed by atoms with van der Waals surface area (Å²) in [5.41, 5.74) is -2.10. The van der Waals surface area contributed by atoms with Crippen molar-refractivity contribution in [2.45, 2.75) is 38.5 Å². The summed E-state index contributed by atoms with van der Waals surface area (Å²) in [7, 11) is 0. The van der Waals surface area contributed by atoms with Crippen LogP contribution in [-0.4, -0.2) is 40.0 Å². The van der Waals surface area contributed by atoms with Gasteiger partial charge in [0.05, 0.1) is 11.0 Å². The van der Waals surface area contributed by atoms with E-state index in [9.17, 15) is 27.2 Å². The van der Waals surface area contributed by atoms with E-state index in [0.29, 0.717) is 18.7 Å². The van der Waals surface area contributed by atoms with Gasteiger partial charge in [0.1, 0.15) is 11.9 Å². The van der Waals surface area contributed by atoms with E-state index in [-0.39, 0.29) is 22.8 Å². The number of aromatic nitrogens is 2. The normalized spacial score (nSPS) is 16.4. The van der Waals surface area contributed by atoms with Gasteiger partial charge in [-0.1, -0.05) is 30.3 Å². The second-order valence-electron chi connectivity index (χ2n) is 8.85. The number of piperidine rings is 1. The highest BCUT2D eigenvalue weighted by Gasteiger charge is 2.38. The minimum atomic E-state index is -4.93. The van der Waals surface area contributed by atoms with Gasteiger partial charge in [0.2, 0.25) is 11.6 Å². The lowest BCUT2D eigenvalue weighted by atomic mass is 9.96. The lowest BCUT2D eigenvalue weighted by Gasteiger charge is -2.32. The number of alkyl halides is 3. The van der Waals surface area contributed by atoms with Crippen molar-refractivity contribution in [3.05, 3.63) is 76.0 Å². The van der Waals surface area contributed by atoms with E-state index in [2.05, 4.69) is 15.2 Å². The largest absolute Gasteiger partial charge is 0.438 e. The third kappa shape index (κ3) is 5.53. The number of amides is 1. The molecule has 0 unspecified atom stereocenters. The van der Waals surface area contributed by atoms with Crippen molar-refractivity contribution >= 4 is 16.9 Å². The van der Waals surface area contributed by atoms with Crippen molar-refractivity contribution in [3.8, 4) is 0 Å². The van der Waals surface area contributed by atoms with E-state index in [1.807, 2.05) is 0 Å². The van der Waals surface area contributed by atoms with E-state index in [4.69, 9.17) is 0 Å². The van der Waals surface area contributed by atoms with Crippen molar-refractivity contribution < 1.29 is 22.4 Å². The number of carbonyl (C=O) groups excluding carboxylic acids is 1. The minimum absolute atomic E-state index is 0.0127. The van der Waals surface area contributed by atoms with Crippen LogP contribution >= 0.6 is 0 Å². The number of likely N-dealkylation sites (tertiary alicyclic amines) is 1. The van der Waals surface area contributed by atoms with E-state index >= 15 is 0 Å². The Hall–Kier alpha value is -3.27. The molecule has 0 spiro atoms. The average molecular weight is 491 g/mol. The summed E-state index contributed by atoms with van der Waals surface area (Å²) < 4.78 is 55.0. The molecule has 186 valence electrons. The number of nitrogens with one attached hydrogen (secondary N) is 1. The maximum Gasteiger partial charge on any atom is 0.438 e. The Morgan fingerprint density at radius 3 is 2.46 bits per heavy atom. The summed E-state index contributed by atoms with van der Waals surface area (Å²) in [6.45, 7) is 3.75. The third-order valence-electron chi connectivity index (χ3n) is 6.45. The van der Waals surface area contributed by atoms with Crippen LogP contribution in [0.25, 0.3) is 11.0 Å². The summed E-state index contributed by atoms with van der Waals surface area (Å²) in [6, 6.07) is 11.4. The number of carbonyl (C=O) groups is 1. The number of benzene rings is 2. The summed E-state index contributed by atoms with van der Waals surface area (Å²) in [4.78, 5) is 31.2. The fourth-order valence-electron chi connectivity index (χ4n) is 4.45. The Labute approximate surface area is 199 Å². The van der Waals surface area contributed by atoms with Crippen LogP contribution in [0.4, 0.5) is 17.6 Å². The number of halogens is 4. The first-order valence-electron chi connectivity index (χ1n) is 11.5. The van der Waals surface area contributed by atoms with E-state index in [0.717, 1.165) is 30.5 Å². The van der Waals surface area contributed by atoms with E-state index in [1.165, 1.54) is 31.2 Å². The first kappa shape index (κ1) is 24.8. The van der Waals surface area contributed by atoms with Gasteiger partial charge in [-0.25, -0.2) is 9.37 Å². The molecule has 1 atom stereocenters. The van der Waals surface area contributed by atoms with Gasteiger partial charge < -0.3 is 5.32 Å². The molecule has 10 heteroatoms. The highest BCUT2D eigenvalue weighted by atomic mass is 19.4. The molecule has 0 aliphatic carbocycles. The van der Waals surface area contributed by atoms with Gasteiger partial charge in [0.15, 0.2) is 0 Å². The molecule has 6 nitrogen and oxygen atoms in total. The van der Waals surface area contributed by atoms with Gasteiger partial charge in [-0.2, -0.15) is 13.2 Å². The quantitative estimate of drug-likeness (QED) is 0.528. The fraction of sp³-hybridized carbons (Fsp3) is 0.400. The van der Waals surface area contributed by atoms with Crippen molar-refractivity contribution in [1.82, 2.24) is 19.8 Å². The zero-order chi connectivity index (χ0) is 25.2. The third-order valence-corrected chi connectivity index (χ3v) is 6.45. The Balaban J connectivity index is 1.40. The summed E-state index contributed by atoms with van der Waals surface area (Å²) in [5, 5.41) is 2.80. The summed E-state index contributed by atoms with van der Waals surface area (Å²) in [6.07, 6.45) is -3.35. The average Bonchev–Trinajstić information content (AvgIpc) is 2.83. The first-order chi connectivity index (χ1) is 16.6. The van der Waals surface area contributed by atoms with E-state index < -0.39 is 29.4 Å². The molecule has 1 aliphatic heterocycles. The molecule has 0 saturated carbocycles. The van der Waals surface area contributed by atoms with Gasteiger partial charge >= 0.3 is 6.18 Å². The van der Waals surface area contributed by atoms with Gasteiger partial charge in [-0.15, -0.1) is 0 Å². The predicted molar refractivity (Wildman–Crippen MR) is 123 cm³/mol. The smallest absolute Gasteiger partial charge is 0.354 e. The van der Waals surface area contributed by atoms with Crippen LogP contribution in [0.15, 0.2) is 53.3 Å². The minimum Gasteiger partial charge on any atom is -0.354 e. The van der Waals surface area contributed by atoms with Crippen molar-refractivity contribution in [2.75, 3.05) is 19.6 Å². The molecule has 1 aromatic heterocycles. The fourth-order valence-corrected chi connectivity index (χ4v) is 4.45. The van der Waals surface area contributed by atoms with Crippen LogP contribution in [0.1, 0.15) is 37.1 Å². The molecule has 0 bridgehead atoms. The lowest BCUT2D eigenvalue weighted by molar-refractivity contribution is -0.142. The van der Waals surface area contributed by atoms with Crippen LogP contribution in [0, 0.1) is 11.7 Å². The Kier molecular flexibility index (Phi) is 7.20. The second-order valence-corrected chi connectivity index (χ2v) is 8.85. The molecule has 2 aromatic carbocycles. The molecule has 2 heterocycles. The van der Waals surface area contributed by atoms with Crippen LogP contribution in [-0.2, 0) is 17.5 Å². The molecular weight excluding hydrogens is 464 g/mol. The molecule has 35 heavy (non-hydrogen) atoms. The predicted octanol–water partition coefficient (Wildman–Crippen LogP) is 4.14. The molecule has 0 radical (unpaired) electrons. The summed E-state index contributed by atoms with van der Waals surface area (Å²) in [5.74, 6) is -0.589. The standard InChI is InChI=1S/C25H26F4N4O2/c1-16(33-21-9-5-4-8-20(21)31-22(24(33)35)25(27,28)29)23(34)30-14-17-10-12-32(13-11-17)15-18-6-2-3-7-19(18)26/h2-9,16-17H,10-15H2,1H3,(H,30,34)/t16-/m1/s1. The van der Waals surface area contributed by atoms with Crippen molar-refractivity contribution in [1.29, 1.82) is 0 Å². The number of hydrogen-bond acceptors (Lipinski definition) is 4. The number of nitrogens with zero attached hydrogens (tertiary/aromatic N) is 3. The zero-order valence-corrected chi connectivity index (χ0v) is 19.2. The number of hydrogen-bond donors (Lipinski definition) is 1. The molecule has 1 aliphatic rings. The molecule has 1 amide bonds. The maximum absolute atomic E-state index is 13.9. The SMILES string of the molecule is C[C@H](C(=O)NCC1CCN(Cc2ccccc2F)CC1)n1c(=O)c(C(F)(F)F)nc2ccccc21. The van der Waals surface area contributed by atoms with E-state index in [1.54, 1.807) is 24.3 Å². The Morgan fingerprint density at radius 1 is 1.11 bits per heavy atom. The summed E-state index contributed by atoms with van der Waals surface area (Å²) >= 11 is 0.